The number of hydrogen-bond acceptors (Lipinski definition) is 24. The summed E-state index contributed by atoms with van der Waals surface area (Å²) >= 11 is 0. The fraction of sp³-hybridized carbons (Fsp3) is 0.565. The molecule has 0 aliphatic carbocycles. The van der Waals surface area contributed by atoms with Gasteiger partial charge in [-0.2, -0.15) is 18.2 Å². The highest BCUT2D eigenvalue weighted by Crippen LogP contribution is 2.66. The van der Waals surface area contributed by atoms with E-state index >= 15 is 0 Å². The van der Waals surface area contributed by atoms with Crippen LogP contribution in [0.3, 0.4) is 0 Å². The Kier molecular flexibility index (Phi) is 34.4. The maximum absolute atomic E-state index is 13.2. The van der Waals surface area contributed by atoms with Gasteiger partial charge in [0.15, 0.2) is 11.4 Å². The van der Waals surface area contributed by atoms with Crippen LogP contribution in [0.25, 0.3) is 11.0 Å². The Labute approximate surface area is 629 Å². The van der Waals surface area contributed by atoms with Gasteiger partial charge in [0.25, 0.3) is 5.56 Å². The van der Waals surface area contributed by atoms with Crippen LogP contribution in [0, 0.1) is 18.8 Å². The number of H-pyrrole nitrogens is 1. The number of anilines is 2. The van der Waals surface area contributed by atoms with Crippen molar-refractivity contribution < 1.29 is 98.5 Å². The van der Waals surface area contributed by atoms with E-state index in [1.165, 1.54) is 71.8 Å². The number of fused-ring (bicyclic) bond motifs is 3. The van der Waals surface area contributed by atoms with Gasteiger partial charge in [0.2, 0.25) is 17.5 Å². The molecule has 3 aliphatic heterocycles. The maximum atomic E-state index is 13.2. The van der Waals surface area contributed by atoms with Crippen molar-refractivity contribution in [2.75, 3.05) is 108 Å². The summed E-state index contributed by atoms with van der Waals surface area (Å²) in [5, 5.41) is 5.71. The Balaban J connectivity index is 0.680. The van der Waals surface area contributed by atoms with Crippen molar-refractivity contribution in [2.24, 2.45) is 0 Å². The van der Waals surface area contributed by atoms with Gasteiger partial charge >= 0.3 is 35.5 Å². The summed E-state index contributed by atoms with van der Waals surface area (Å²) < 4.78 is 91.4. The number of nitrogen functional groups attached to an aromatic ring is 1. The first kappa shape index (κ1) is 87.0. The van der Waals surface area contributed by atoms with Gasteiger partial charge in [-0.15, -0.1) is 0 Å². The number of amides is 2. The van der Waals surface area contributed by atoms with Crippen LogP contribution < -0.4 is 26.8 Å². The number of phosphoric acid groups is 3. The van der Waals surface area contributed by atoms with Gasteiger partial charge in [-0.1, -0.05) is 117 Å². The molecule has 36 heteroatoms. The summed E-state index contributed by atoms with van der Waals surface area (Å²) in [5.74, 6) is 5.63. The zero-order valence-corrected chi connectivity index (χ0v) is 66.7. The molecule has 0 bridgehead atoms. The number of rotatable bonds is 45. The number of nitrogens with two attached hydrogens (primary N) is 1. The monoisotopic (exact) mass is 1600 g/mol. The first-order valence-corrected chi connectivity index (χ1v) is 44.1. The number of nitrogens with zero attached hydrogens (tertiary/aromatic N) is 4. The van der Waals surface area contributed by atoms with Crippen LogP contribution in [0.1, 0.15) is 141 Å². The lowest BCUT2D eigenvalue weighted by Gasteiger charge is -2.25. The van der Waals surface area contributed by atoms with Crippen LogP contribution in [-0.2, 0) is 80.4 Å². The van der Waals surface area contributed by atoms with Gasteiger partial charge in [-0.05, 0) is 104 Å². The van der Waals surface area contributed by atoms with Crippen LogP contribution in [0.5, 0.6) is 0 Å². The lowest BCUT2D eigenvalue weighted by atomic mass is 9.81. The highest BCUT2D eigenvalue weighted by Gasteiger charge is 2.46. The van der Waals surface area contributed by atoms with Crippen molar-refractivity contribution in [1.29, 1.82) is 0 Å². The fourth-order valence-electron chi connectivity index (χ4n) is 12.0. The summed E-state index contributed by atoms with van der Waals surface area (Å²) in [7, 11) is -11.0. The molecule has 9 N–H and O–H groups in total. The van der Waals surface area contributed by atoms with Crippen molar-refractivity contribution in [3.8, 4) is 11.8 Å². The van der Waals surface area contributed by atoms with Crippen molar-refractivity contribution in [3.05, 3.63) is 117 Å². The van der Waals surface area contributed by atoms with Crippen molar-refractivity contribution >= 4 is 119 Å². The summed E-state index contributed by atoms with van der Waals surface area (Å²) in [6.45, 7) is 21.5. The number of carbonyl (C=O) groups is 3. The molecule has 2 unspecified atom stereocenters. The summed E-state index contributed by atoms with van der Waals surface area (Å²) in [5.41, 5.74) is 14.3. The molecule has 2 aromatic heterocycles. The average molecular weight is 1600 g/mol. The topological polar surface area (TPSA) is 383 Å². The van der Waals surface area contributed by atoms with Crippen LogP contribution >= 0.6 is 66.6 Å². The average Bonchev–Trinajstić information content (AvgIpc) is 1.60. The molecule has 105 heavy (non-hydrogen) atoms. The number of unbranched alkanes of at least 4 members (excludes halogenated alkanes) is 3. The normalized spacial score (nSPS) is 18.5. The third-order valence-corrected chi connectivity index (χ3v) is 25.4. The lowest BCUT2D eigenvalue weighted by molar-refractivity contribution is -0.438. The van der Waals surface area contributed by atoms with Gasteiger partial charge in [-0.25, -0.2) is 18.5 Å². The second kappa shape index (κ2) is 41.5. The number of benzene rings is 2. The molecule has 0 radical (unpaired) electrons. The number of hydrogen-bond donors (Lipinski definition) is 8. The van der Waals surface area contributed by atoms with Crippen LogP contribution in [0.2, 0.25) is 0 Å². The molecule has 7 rings (SSSR count). The Morgan fingerprint density at radius 1 is 0.848 bits per heavy atom. The molecule has 0 spiro atoms. The first-order valence-electron chi connectivity index (χ1n) is 34.5. The molecule has 0 saturated carbocycles. The van der Waals surface area contributed by atoms with Crippen molar-refractivity contribution in [3.63, 3.8) is 0 Å². The Morgan fingerprint density at radius 3 is 2.33 bits per heavy atom. The molecular formula is C69H100N8O21P3S4+. The van der Waals surface area contributed by atoms with Crippen molar-refractivity contribution in [1.82, 2.24) is 25.2 Å². The maximum Gasteiger partial charge on any atom is 0.490 e. The van der Waals surface area contributed by atoms with Crippen LogP contribution in [-0.4, -0.2) is 176 Å². The second-order valence-corrected chi connectivity index (χ2v) is 36.1. The number of likely N-dealkylation sites (N-methyl/N-ethyl adjacent to an activating group) is 1. The summed E-state index contributed by atoms with van der Waals surface area (Å²) in [4.78, 5) is 97.2. The van der Waals surface area contributed by atoms with Gasteiger partial charge in [0.1, 0.15) is 30.8 Å². The molecule has 2 aromatic carbocycles. The molecule has 1 fully saturated rings. The summed E-state index contributed by atoms with van der Waals surface area (Å²) in [6.07, 6.45) is 15.8. The van der Waals surface area contributed by atoms with E-state index in [1.54, 1.807) is 27.8 Å². The molecule has 3 aliphatic rings. The number of ether oxygens (including phenoxy) is 7. The van der Waals surface area contributed by atoms with E-state index in [0.29, 0.717) is 64.6 Å². The number of alkyl carbamates (subject to hydrolysis) is 1. The molecule has 2 amide bonds. The molecular weight excluding hydrogens is 1500 g/mol. The minimum absolute atomic E-state index is 0.00695. The van der Waals surface area contributed by atoms with E-state index in [-0.39, 0.29) is 95.6 Å². The molecule has 580 valence electrons. The third-order valence-electron chi connectivity index (χ3n) is 17.1. The minimum atomic E-state index is -5.78. The highest BCUT2D eigenvalue weighted by atomic mass is 33.1. The molecule has 1 saturated heterocycles. The standard InChI is InChI=1S/C69H99N8O21P3S4/c1-10-75-53-25-18-17-24-51(53)68(5,6)57(75)26-13-11-14-27-58-69(7,8)52-43-49(2)30-31-54(52)76(58)35-20-12-15-28-59(78)71-33-39-89-41-42-90-40-34-72-66(81)93-38-32-67(3,4)105-104-47-91-36-21-22-37-92-61(79)29-19-16-23-50-45-77(63-62(50)64(80)74-65(70)73-63)60-44-55(94-48-103-102-9)56(96-60)46-95-100(85,86)98-101(87,88)97-99(82,83)84/h11,13-14,17-18,24-27,30-31,43,45,55-56,60H,10,12,15,19-22,28-29,32-42,44,46-48H2,1-9H3,(H8-,70,71,72,73,74,78,80,81,82,83,84,85,86,87,88)/p+1/t55-,56+,60+/m0/s1. The Hall–Kier alpha value is -5.27. The van der Waals surface area contributed by atoms with E-state index in [4.69, 9.17) is 53.2 Å². The van der Waals surface area contributed by atoms with Gasteiger partial charge < -0.3 is 78.6 Å². The number of aryl methyl sites for hydroxylation is 1. The highest BCUT2D eigenvalue weighted by molar-refractivity contribution is 8.77. The van der Waals surface area contributed by atoms with Crippen molar-refractivity contribution in [2.45, 2.75) is 154 Å². The zero-order chi connectivity index (χ0) is 76.4. The smallest absolute Gasteiger partial charge is 0.466 e. The number of aromatic nitrogens is 3. The Morgan fingerprint density at radius 2 is 1.59 bits per heavy atom. The number of carbonyl (C=O) groups excluding carboxylic acids is 3. The van der Waals surface area contributed by atoms with Gasteiger partial charge in [0, 0.05) is 97.4 Å². The predicted molar refractivity (Wildman–Crippen MR) is 410 cm³/mol. The summed E-state index contributed by atoms with van der Waals surface area (Å²) in [6, 6.07) is 15.4. The zero-order valence-electron chi connectivity index (χ0n) is 60.8. The first-order chi connectivity index (χ1) is 49.8. The van der Waals surface area contributed by atoms with Crippen LogP contribution in [0.4, 0.5) is 22.1 Å². The fourth-order valence-corrected chi connectivity index (χ4v) is 18.1. The number of para-hydroxylation sites is 1. The number of nitrogens with one attached hydrogen (secondary N) is 3. The van der Waals surface area contributed by atoms with E-state index in [9.17, 15) is 42.7 Å². The van der Waals surface area contributed by atoms with E-state index < -0.39 is 66.1 Å². The number of allylic oxidation sites excluding steroid dienone is 6. The number of esters is 1. The third kappa shape index (κ3) is 27.4. The van der Waals surface area contributed by atoms with Gasteiger partial charge in [-0.3, -0.25) is 23.9 Å². The minimum Gasteiger partial charge on any atom is -0.466 e. The second-order valence-electron chi connectivity index (χ2n) is 26.2. The lowest BCUT2D eigenvalue weighted by Crippen LogP contribution is -2.30. The van der Waals surface area contributed by atoms with Crippen LogP contribution in [0.15, 0.2) is 89.5 Å². The molecule has 5 atom stereocenters. The number of phosphoric ester groups is 1. The van der Waals surface area contributed by atoms with E-state index in [2.05, 4.69) is 179 Å². The Bertz CT molecular complexity index is 4000. The number of aromatic amines is 1. The largest absolute Gasteiger partial charge is 0.490 e. The van der Waals surface area contributed by atoms with Gasteiger partial charge in [0.05, 0.1) is 75.1 Å². The molecule has 5 heterocycles. The quantitative estimate of drug-likeness (QED) is 0.00298. The SMILES string of the molecule is CCN1\C(=C/C=C/C=C/C2=[N+](CCCCCC(=O)NCCOCCOCCNC(=O)OCCC(C)(C)SSCOCCCCOC(=O)CCC#Cc3cn([C@H]4C[C@H](OCSSC)[C@@H](COP(=O)(O)OP(=O)(O)OP(=O)(O)O)O4)c4nc(N)[nH]c(=O)c34)c3ccc(C)cc3C2(C)C)C(C)(C)c2ccccc21. The molecule has 4 aromatic rings. The van der Waals surface area contributed by atoms with E-state index in [0.717, 1.165) is 32.4 Å². The predicted octanol–water partition coefficient (Wildman–Crippen LogP) is 11.9. The molecule has 29 nitrogen and oxygen atoms in total. The van der Waals surface area contributed by atoms with E-state index in [1.807, 2.05) is 0 Å².